The highest BCUT2D eigenvalue weighted by Crippen LogP contribution is 2.30. The van der Waals surface area contributed by atoms with Crippen molar-refractivity contribution >= 4 is 11.5 Å². The number of ketones is 1. The van der Waals surface area contributed by atoms with E-state index < -0.39 is 0 Å². The fourth-order valence-corrected chi connectivity index (χ4v) is 3.12. The van der Waals surface area contributed by atoms with E-state index >= 15 is 0 Å². The van der Waals surface area contributed by atoms with Crippen LogP contribution in [-0.4, -0.2) is 42.5 Å². The molecule has 3 rings (SSSR count). The molecular formula is C17H24N2O2. The van der Waals surface area contributed by atoms with Gasteiger partial charge in [-0.25, -0.2) is 0 Å². The van der Waals surface area contributed by atoms with Crippen LogP contribution < -0.4 is 10.1 Å². The van der Waals surface area contributed by atoms with E-state index in [1.54, 1.807) is 0 Å². The lowest BCUT2D eigenvalue weighted by atomic mass is 10.0. The fourth-order valence-electron chi connectivity index (χ4n) is 3.12. The molecule has 1 aromatic carbocycles. The molecule has 4 nitrogen and oxygen atoms in total. The predicted molar refractivity (Wildman–Crippen MR) is 84.2 cm³/mol. The molecule has 1 aromatic rings. The summed E-state index contributed by atoms with van der Waals surface area (Å²) in [7, 11) is 0. The van der Waals surface area contributed by atoms with E-state index in [1.807, 2.05) is 25.1 Å². The highest BCUT2D eigenvalue weighted by atomic mass is 16.5. The predicted octanol–water partition coefficient (Wildman–Crippen LogP) is 2.94. The molecule has 1 saturated heterocycles. The van der Waals surface area contributed by atoms with Crippen molar-refractivity contribution in [1.29, 1.82) is 0 Å². The largest absolute Gasteiger partial charge is 0.487 e. The van der Waals surface area contributed by atoms with Crippen LogP contribution in [0, 0.1) is 0 Å². The Balaban J connectivity index is 1.70. The average Bonchev–Trinajstić information content (AvgIpc) is 2.49. The highest BCUT2D eigenvalue weighted by molar-refractivity contribution is 5.98. The number of benzene rings is 1. The second-order valence-corrected chi connectivity index (χ2v) is 6.26. The maximum atomic E-state index is 12.5. The minimum absolute atomic E-state index is 0.174. The molecule has 0 spiro atoms. The molecular weight excluding hydrogens is 264 g/mol. The number of carbonyl (C=O) groups excluding carboxylic acids is 1. The lowest BCUT2D eigenvalue weighted by Crippen LogP contribution is -2.40. The standard InChI is InChI=1S/C17H24N2O2/c1-12-5-3-4-8-19(12)11-16(20)14-6-7-17-15(9-14)18-10-13(2)21-17/h6-7,9,12-13,18H,3-5,8,10-11H2,1-2H3. The van der Waals surface area contributed by atoms with Gasteiger partial charge in [-0.15, -0.1) is 0 Å². The molecule has 0 amide bonds. The summed E-state index contributed by atoms with van der Waals surface area (Å²) < 4.78 is 5.75. The van der Waals surface area contributed by atoms with Crippen molar-refractivity contribution in [1.82, 2.24) is 4.90 Å². The zero-order valence-corrected chi connectivity index (χ0v) is 12.9. The van der Waals surface area contributed by atoms with Crippen molar-refractivity contribution in [3.63, 3.8) is 0 Å². The first kappa shape index (κ1) is 14.4. The van der Waals surface area contributed by atoms with Crippen LogP contribution in [0.3, 0.4) is 0 Å². The fraction of sp³-hybridized carbons (Fsp3) is 0.588. The summed E-state index contributed by atoms with van der Waals surface area (Å²) >= 11 is 0. The monoisotopic (exact) mass is 288 g/mol. The molecule has 1 N–H and O–H groups in total. The van der Waals surface area contributed by atoms with Crippen LogP contribution in [0.25, 0.3) is 0 Å². The number of hydrogen-bond donors (Lipinski definition) is 1. The number of likely N-dealkylation sites (tertiary alicyclic amines) is 1. The maximum absolute atomic E-state index is 12.5. The summed E-state index contributed by atoms with van der Waals surface area (Å²) in [5.74, 6) is 1.05. The first-order chi connectivity index (χ1) is 10.1. The Morgan fingerprint density at radius 1 is 1.38 bits per heavy atom. The Kier molecular flexibility index (Phi) is 4.15. The molecule has 2 aliphatic rings. The molecule has 0 radical (unpaired) electrons. The van der Waals surface area contributed by atoms with Crippen LogP contribution in [0.5, 0.6) is 5.75 Å². The molecule has 0 aliphatic carbocycles. The Hall–Kier alpha value is -1.55. The number of nitrogens with one attached hydrogen (secondary N) is 1. The second-order valence-electron chi connectivity index (χ2n) is 6.26. The minimum Gasteiger partial charge on any atom is -0.487 e. The quantitative estimate of drug-likeness (QED) is 0.868. The van der Waals surface area contributed by atoms with E-state index in [4.69, 9.17) is 4.74 Å². The Morgan fingerprint density at radius 3 is 3.05 bits per heavy atom. The number of hydrogen-bond acceptors (Lipinski definition) is 4. The van der Waals surface area contributed by atoms with Gasteiger partial charge in [-0.1, -0.05) is 6.42 Å². The average molecular weight is 288 g/mol. The van der Waals surface area contributed by atoms with E-state index in [9.17, 15) is 4.79 Å². The van der Waals surface area contributed by atoms with Gasteiger partial charge in [-0.3, -0.25) is 9.69 Å². The molecule has 2 atom stereocenters. The van der Waals surface area contributed by atoms with Crippen LogP contribution in [-0.2, 0) is 0 Å². The third-order valence-corrected chi connectivity index (χ3v) is 4.50. The summed E-state index contributed by atoms with van der Waals surface area (Å²) in [4.78, 5) is 14.8. The van der Waals surface area contributed by atoms with Crippen molar-refractivity contribution in [3.05, 3.63) is 23.8 Å². The number of rotatable bonds is 3. The second kappa shape index (κ2) is 6.06. The number of ether oxygens (including phenoxy) is 1. The van der Waals surface area contributed by atoms with Crippen LogP contribution in [0.4, 0.5) is 5.69 Å². The van der Waals surface area contributed by atoms with Crippen LogP contribution in [0.1, 0.15) is 43.5 Å². The highest BCUT2D eigenvalue weighted by Gasteiger charge is 2.22. The van der Waals surface area contributed by atoms with E-state index in [0.717, 1.165) is 30.1 Å². The van der Waals surface area contributed by atoms with Gasteiger partial charge < -0.3 is 10.1 Å². The Morgan fingerprint density at radius 2 is 2.24 bits per heavy atom. The first-order valence-corrected chi connectivity index (χ1v) is 7.95. The van der Waals surface area contributed by atoms with Crippen molar-refractivity contribution in [2.45, 2.75) is 45.3 Å². The molecule has 0 aromatic heterocycles. The number of fused-ring (bicyclic) bond motifs is 1. The molecule has 0 bridgehead atoms. The van der Waals surface area contributed by atoms with Crippen LogP contribution >= 0.6 is 0 Å². The molecule has 2 aliphatic heterocycles. The number of piperidine rings is 1. The molecule has 21 heavy (non-hydrogen) atoms. The van der Waals surface area contributed by atoms with E-state index in [2.05, 4.69) is 17.1 Å². The Labute approximate surface area is 126 Å². The van der Waals surface area contributed by atoms with Gasteiger partial charge in [-0.2, -0.15) is 0 Å². The van der Waals surface area contributed by atoms with Gasteiger partial charge in [0.1, 0.15) is 11.9 Å². The smallest absolute Gasteiger partial charge is 0.176 e. The van der Waals surface area contributed by atoms with E-state index in [-0.39, 0.29) is 11.9 Å². The molecule has 0 saturated carbocycles. The van der Waals surface area contributed by atoms with Crippen molar-refractivity contribution in [3.8, 4) is 5.75 Å². The molecule has 4 heteroatoms. The zero-order valence-electron chi connectivity index (χ0n) is 12.9. The normalized spacial score (nSPS) is 25.6. The lowest BCUT2D eigenvalue weighted by molar-refractivity contribution is 0.0860. The number of Topliss-reactive ketones (excluding diaryl/α,β-unsaturated/α-hetero) is 1. The number of carbonyl (C=O) groups is 1. The topological polar surface area (TPSA) is 41.6 Å². The van der Waals surface area contributed by atoms with Gasteiger partial charge >= 0.3 is 0 Å². The Bertz CT molecular complexity index is 530. The van der Waals surface area contributed by atoms with Gasteiger partial charge in [0.05, 0.1) is 18.8 Å². The third-order valence-electron chi connectivity index (χ3n) is 4.50. The SMILES string of the molecule is CC1CNc2cc(C(=O)CN3CCCCC3C)ccc2O1. The van der Waals surface area contributed by atoms with Gasteiger partial charge in [0.2, 0.25) is 0 Å². The van der Waals surface area contributed by atoms with Gasteiger partial charge in [0.15, 0.2) is 5.78 Å². The number of nitrogens with zero attached hydrogens (tertiary/aromatic N) is 1. The van der Waals surface area contributed by atoms with Gasteiger partial charge in [0, 0.05) is 11.6 Å². The van der Waals surface area contributed by atoms with Crippen molar-refractivity contribution < 1.29 is 9.53 Å². The van der Waals surface area contributed by atoms with Crippen LogP contribution in [0.15, 0.2) is 18.2 Å². The third kappa shape index (κ3) is 3.21. The first-order valence-electron chi connectivity index (χ1n) is 7.95. The van der Waals surface area contributed by atoms with E-state index in [1.165, 1.54) is 19.3 Å². The zero-order chi connectivity index (χ0) is 14.8. The van der Waals surface area contributed by atoms with Crippen molar-refractivity contribution in [2.24, 2.45) is 0 Å². The van der Waals surface area contributed by atoms with Crippen LogP contribution in [0.2, 0.25) is 0 Å². The molecule has 2 unspecified atom stereocenters. The van der Waals surface area contributed by atoms with Gasteiger partial charge in [-0.05, 0) is 51.4 Å². The molecule has 114 valence electrons. The minimum atomic E-state index is 0.174. The number of anilines is 1. The summed E-state index contributed by atoms with van der Waals surface area (Å²) in [5.41, 5.74) is 1.71. The summed E-state index contributed by atoms with van der Waals surface area (Å²) in [5, 5.41) is 3.33. The molecule has 2 heterocycles. The lowest BCUT2D eigenvalue weighted by Gasteiger charge is -2.32. The van der Waals surface area contributed by atoms with Gasteiger partial charge in [0.25, 0.3) is 0 Å². The summed E-state index contributed by atoms with van der Waals surface area (Å²) in [6.07, 6.45) is 3.86. The summed E-state index contributed by atoms with van der Waals surface area (Å²) in [6, 6.07) is 6.24. The summed E-state index contributed by atoms with van der Waals surface area (Å²) in [6.45, 7) is 6.60. The maximum Gasteiger partial charge on any atom is 0.176 e. The molecule has 1 fully saturated rings. The van der Waals surface area contributed by atoms with E-state index in [0.29, 0.717) is 12.6 Å². The van der Waals surface area contributed by atoms with Crippen molar-refractivity contribution in [2.75, 3.05) is 25.0 Å².